The molecule has 4 heteroatoms. The van der Waals surface area contributed by atoms with Crippen molar-refractivity contribution < 1.29 is 5.11 Å². The molecule has 2 aromatic rings. The molecule has 2 rings (SSSR count). The van der Waals surface area contributed by atoms with E-state index in [-0.39, 0.29) is 5.75 Å². The first-order chi connectivity index (χ1) is 6.66. The van der Waals surface area contributed by atoms with Crippen molar-refractivity contribution in [3.63, 3.8) is 0 Å². The normalized spacial score (nSPS) is 11.1. The van der Waals surface area contributed by atoms with Crippen LogP contribution in [-0.2, 0) is 13.6 Å². The first-order valence-corrected chi connectivity index (χ1v) is 5.11. The van der Waals surface area contributed by atoms with Crippen LogP contribution in [0.15, 0.2) is 22.7 Å². The van der Waals surface area contributed by atoms with Gasteiger partial charge in [0.1, 0.15) is 5.75 Å². The summed E-state index contributed by atoms with van der Waals surface area (Å²) in [5, 5.41) is 10.7. The number of hydrogen-bond donors (Lipinski definition) is 2. The number of phenols is 1. The van der Waals surface area contributed by atoms with Crippen LogP contribution in [0.4, 0.5) is 0 Å². The van der Waals surface area contributed by atoms with Crippen LogP contribution in [0.25, 0.3) is 10.9 Å². The van der Waals surface area contributed by atoms with Gasteiger partial charge in [-0.15, -0.1) is 0 Å². The minimum absolute atomic E-state index is 0.283. The van der Waals surface area contributed by atoms with Gasteiger partial charge in [0.05, 0.1) is 5.52 Å². The van der Waals surface area contributed by atoms with Crippen LogP contribution in [0.1, 0.15) is 5.69 Å². The van der Waals surface area contributed by atoms with E-state index in [2.05, 4.69) is 15.9 Å². The highest BCUT2D eigenvalue weighted by atomic mass is 79.9. The maximum absolute atomic E-state index is 9.70. The molecule has 0 atom stereocenters. The number of nitrogens with two attached hydrogens (primary N) is 1. The predicted octanol–water partition coefficient (Wildman–Crippen LogP) is 2.11. The average Bonchev–Trinajstić information content (AvgIpc) is 2.41. The van der Waals surface area contributed by atoms with E-state index in [1.54, 1.807) is 6.07 Å². The molecule has 0 saturated heterocycles. The summed E-state index contributed by atoms with van der Waals surface area (Å²) in [6.07, 6.45) is 0. The Labute approximate surface area is 90.3 Å². The molecule has 0 aliphatic heterocycles. The lowest BCUT2D eigenvalue weighted by atomic mass is 10.2. The maximum atomic E-state index is 9.70. The standard InChI is InChI=1S/C10H11BrN2O/c1-13-7(5-12)9(11)6-3-2-4-8(14)10(6)13/h2-4,14H,5,12H2,1H3. The van der Waals surface area contributed by atoms with Gasteiger partial charge >= 0.3 is 0 Å². The number of aryl methyl sites for hydroxylation is 1. The Bertz CT molecular complexity index is 490. The van der Waals surface area contributed by atoms with Gasteiger partial charge in [0.15, 0.2) is 0 Å². The summed E-state index contributed by atoms with van der Waals surface area (Å²) in [7, 11) is 1.90. The van der Waals surface area contributed by atoms with Gasteiger partial charge in [0.25, 0.3) is 0 Å². The molecule has 1 aromatic heterocycles. The summed E-state index contributed by atoms with van der Waals surface area (Å²) in [6.45, 7) is 0.450. The molecule has 0 aliphatic rings. The van der Waals surface area contributed by atoms with Gasteiger partial charge in [-0.3, -0.25) is 0 Å². The lowest BCUT2D eigenvalue weighted by Gasteiger charge is -2.02. The van der Waals surface area contributed by atoms with Crippen LogP contribution < -0.4 is 5.73 Å². The molecule has 14 heavy (non-hydrogen) atoms. The number of aromatic nitrogens is 1. The molecule has 0 aliphatic carbocycles. The van der Waals surface area contributed by atoms with E-state index in [9.17, 15) is 5.11 Å². The van der Waals surface area contributed by atoms with E-state index in [0.29, 0.717) is 6.54 Å². The Hall–Kier alpha value is -1.00. The molecule has 0 bridgehead atoms. The first-order valence-electron chi connectivity index (χ1n) is 4.31. The topological polar surface area (TPSA) is 51.2 Å². The van der Waals surface area contributed by atoms with Crippen molar-refractivity contribution in [3.8, 4) is 5.75 Å². The molecule has 3 nitrogen and oxygen atoms in total. The minimum Gasteiger partial charge on any atom is -0.506 e. The number of halogens is 1. The van der Waals surface area contributed by atoms with Gasteiger partial charge < -0.3 is 15.4 Å². The van der Waals surface area contributed by atoms with Crippen molar-refractivity contribution in [2.24, 2.45) is 12.8 Å². The lowest BCUT2D eigenvalue weighted by Crippen LogP contribution is -2.03. The average molecular weight is 255 g/mol. The van der Waals surface area contributed by atoms with Crippen molar-refractivity contribution >= 4 is 26.8 Å². The second kappa shape index (κ2) is 3.29. The summed E-state index contributed by atoms with van der Waals surface area (Å²) in [4.78, 5) is 0. The van der Waals surface area contributed by atoms with E-state index >= 15 is 0 Å². The fourth-order valence-electron chi connectivity index (χ4n) is 1.73. The van der Waals surface area contributed by atoms with Crippen LogP contribution >= 0.6 is 15.9 Å². The molecule has 0 unspecified atom stereocenters. The number of fused-ring (bicyclic) bond motifs is 1. The molecule has 0 saturated carbocycles. The first kappa shape index (κ1) is 9.55. The van der Waals surface area contributed by atoms with E-state index < -0.39 is 0 Å². The molecule has 0 amide bonds. The third-order valence-electron chi connectivity index (χ3n) is 2.44. The number of nitrogens with zero attached hydrogens (tertiary/aromatic N) is 1. The highest BCUT2D eigenvalue weighted by molar-refractivity contribution is 9.10. The summed E-state index contributed by atoms with van der Waals surface area (Å²) in [5.41, 5.74) is 7.44. The molecule has 74 valence electrons. The highest BCUT2D eigenvalue weighted by Crippen LogP contribution is 2.34. The smallest absolute Gasteiger partial charge is 0.139 e. The Balaban J connectivity index is 2.94. The van der Waals surface area contributed by atoms with Gasteiger partial charge in [-0.1, -0.05) is 12.1 Å². The maximum Gasteiger partial charge on any atom is 0.139 e. The lowest BCUT2D eigenvalue weighted by molar-refractivity contribution is 0.478. The Kier molecular flexibility index (Phi) is 2.25. The van der Waals surface area contributed by atoms with Crippen molar-refractivity contribution in [1.82, 2.24) is 4.57 Å². The van der Waals surface area contributed by atoms with Crippen LogP contribution in [0, 0.1) is 0 Å². The van der Waals surface area contributed by atoms with Gasteiger partial charge in [-0.05, 0) is 22.0 Å². The number of rotatable bonds is 1. The zero-order valence-electron chi connectivity index (χ0n) is 7.79. The van der Waals surface area contributed by atoms with Gasteiger partial charge in [0, 0.05) is 29.1 Å². The van der Waals surface area contributed by atoms with Gasteiger partial charge in [-0.25, -0.2) is 0 Å². The van der Waals surface area contributed by atoms with Crippen molar-refractivity contribution in [3.05, 3.63) is 28.4 Å². The predicted molar refractivity (Wildman–Crippen MR) is 60.2 cm³/mol. The van der Waals surface area contributed by atoms with E-state index in [1.807, 2.05) is 23.7 Å². The summed E-state index contributed by atoms with van der Waals surface area (Å²) < 4.78 is 2.88. The third-order valence-corrected chi connectivity index (χ3v) is 3.32. The summed E-state index contributed by atoms with van der Waals surface area (Å²) in [5.74, 6) is 0.283. The van der Waals surface area contributed by atoms with Crippen molar-refractivity contribution in [2.45, 2.75) is 6.54 Å². The minimum atomic E-state index is 0.283. The quantitative estimate of drug-likeness (QED) is 0.819. The van der Waals surface area contributed by atoms with Crippen LogP contribution in [-0.4, -0.2) is 9.67 Å². The molecular weight excluding hydrogens is 244 g/mol. The number of phenolic OH excluding ortho intramolecular Hbond substituents is 1. The Morgan fingerprint density at radius 2 is 2.21 bits per heavy atom. The van der Waals surface area contributed by atoms with Crippen LogP contribution in [0.3, 0.4) is 0 Å². The molecule has 0 fully saturated rings. The number of hydrogen-bond acceptors (Lipinski definition) is 2. The molecule has 1 aromatic carbocycles. The second-order valence-corrected chi connectivity index (χ2v) is 3.99. The Morgan fingerprint density at radius 1 is 1.50 bits per heavy atom. The third kappa shape index (κ3) is 1.14. The fraction of sp³-hybridized carbons (Fsp3) is 0.200. The van der Waals surface area contributed by atoms with Crippen molar-refractivity contribution in [2.75, 3.05) is 0 Å². The summed E-state index contributed by atoms with van der Waals surface area (Å²) in [6, 6.07) is 5.45. The highest BCUT2D eigenvalue weighted by Gasteiger charge is 2.13. The summed E-state index contributed by atoms with van der Waals surface area (Å²) >= 11 is 3.49. The number of para-hydroxylation sites is 1. The number of benzene rings is 1. The van der Waals surface area contributed by atoms with Crippen LogP contribution in [0.5, 0.6) is 5.75 Å². The van der Waals surface area contributed by atoms with Gasteiger partial charge in [0.2, 0.25) is 0 Å². The molecule has 3 N–H and O–H groups in total. The molecule has 1 heterocycles. The van der Waals surface area contributed by atoms with E-state index in [0.717, 1.165) is 21.1 Å². The fourth-order valence-corrected chi connectivity index (χ4v) is 2.47. The van der Waals surface area contributed by atoms with Gasteiger partial charge in [-0.2, -0.15) is 0 Å². The molecular formula is C10H11BrN2O. The number of aromatic hydroxyl groups is 1. The second-order valence-electron chi connectivity index (χ2n) is 3.20. The molecule has 0 spiro atoms. The Morgan fingerprint density at radius 3 is 2.79 bits per heavy atom. The zero-order chi connectivity index (χ0) is 10.3. The molecule has 0 radical (unpaired) electrons. The monoisotopic (exact) mass is 254 g/mol. The van der Waals surface area contributed by atoms with Crippen molar-refractivity contribution in [1.29, 1.82) is 0 Å². The largest absolute Gasteiger partial charge is 0.506 e. The van der Waals surface area contributed by atoms with Crippen LogP contribution in [0.2, 0.25) is 0 Å². The SMILES string of the molecule is Cn1c(CN)c(Br)c2cccc(O)c21. The van der Waals surface area contributed by atoms with E-state index in [4.69, 9.17) is 5.73 Å². The zero-order valence-corrected chi connectivity index (χ0v) is 9.37. The van der Waals surface area contributed by atoms with E-state index in [1.165, 1.54) is 0 Å².